The molecule has 0 bridgehead atoms. The number of carbonyl (C=O) groups excluding carboxylic acids is 5. The molecule has 5 amide bonds. The lowest BCUT2D eigenvalue weighted by molar-refractivity contribution is -0.139. The lowest BCUT2D eigenvalue weighted by atomic mass is 10.1. The molecule has 0 spiro atoms. The predicted molar refractivity (Wildman–Crippen MR) is 172 cm³/mol. The fourth-order valence-corrected chi connectivity index (χ4v) is 5.90. The molecule has 4 rings (SSSR count). The number of benzene rings is 1. The molecular weight excluding hydrogens is 665 g/mol. The quantitative estimate of drug-likeness (QED) is 0.233. The van der Waals surface area contributed by atoms with E-state index in [-0.39, 0.29) is 68.7 Å². The van der Waals surface area contributed by atoms with Gasteiger partial charge >= 0.3 is 12.1 Å². The third kappa shape index (κ3) is 9.87. The van der Waals surface area contributed by atoms with Crippen LogP contribution in [0, 0.1) is 0 Å². The van der Waals surface area contributed by atoms with E-state index >= 15 is 0 Å². The van der Waals surface area contributed by atoms with Gasteiger partial charge in [-0.3, -0.25) is 33.8 Å². The summed E-state index contributed by atoms with van der Waals surface area (Å²) in [5.41, 5.74) is 6.31. The van der Waals surface area contributed by atoms with Gasteiger partial charge < -0.3 is 30.5 Å². The summed E-state index contributed by atoms with van der Waals surface area (Å²) < 4.78 is 11.1. The highest BCUT2D eigenvalue weighted by Crippen LogP contribution is 2.27. The lowest BCUT2D eigenvalue weighted by Crippen LogP contribution is -2.43. The number of rotatable bonds is 15. The highest BCUT2D eigenvalue weighted by molar-refractivity contribution is 7.18. The van der Waals surface area contributed by atoms with Crippen LogP contribution in [-0.4, -0.2) is 97.2 Å². The number of thiophene rings is 1. The van der Waals surface area contributed by atoms with E-state index < -0.39 is 41.9 Å². The van der Waals surface area contributed by atoms with Crippen LogP contribution < -0.4 is 20.9 Å². The van der Waals surface area contributed by atoms with E-state index in [1.165, 1.54) is 11.0 Å². The number of carbonyl (C=O) groups is 6. The number of nitrogens with two attached hydrogens (primary N) is 1. The maximum atomic E-state index is 13.4. The van der Waals surface area contributed by atoms with Gasteiger partial charge in [0.15, 0.2) is 0 Å². The number of aliphatic carboxylic acids is 1. The van der Waals surface area contributed by atoms with Gasteiger partial charge in [0, 0.05) is 30.8 Å². The zero-order valence-corrected chi connectivity index (χ0v) is 27.1. The first-order valence-corrected chi connectivity index (χ1v) is 15.5. The van der Waals surface area contributed by atoms with Crippen molar-refractivity contribution in [1.82, 2.24) is 10.2 Å². The summed E-state index contributed by atoms with van der Waals surface area (Å²) in [5.74, 6) is -2.91. The number of nitrogens with zero attached hydrogens (tertiary/aromatic N) is 3. The fraction of sp³-hybridized carbons (Fsp3) is 0.448. The molecule has 0 saturated carbocycles. The first-order valence-electron chi connectivity index (χ1n) is 14.3. The third-order valence-corrected chi connectivity index (χ3v) is 8.45. The zero-order chi connectivity index (χ0) is 32.5. The van der Waals surface area contributed by atoms with Crippen molar-refractivity contribution in [1.29, 1.82) is 0 Å². The molecule has 0 aliphatic carbocycles. The maximum Gasteiger partial charge on any atom is 0.414 e. The molecule has 46 heavy (non-hydrogen) atoms. The van der Waals surface area contributed by atoms with Gasteiger partial charge in [0.1, 0.15) is 18.8 Å². The molecule has 14 nitrogen and oxygen atoms in total. The number of hydrogen-bond acceptors (Lipinski definition) is 10. The number of halogens is 2. The van der Waals surface area contributed by atoms with Crippen LogP contribution in [0.3, 0.4) is 0 Å². The Morgan fingerprint density at radius 2 is 1.76 bits per heavy atom. The molecule has 4 N–H and O–H groups in total. The standard InChI is InChI=1S/C29H34ClN5O9S.ClH/c30-23-10-9-22(45-23)27(39)35(25(37)3-1-2-12-32-21(28(40)41)8-11-24(31)36)16-20-15-34(29(42)44-20)19-6-4-18(5-7-19)33-13-14-43-17-26(33)38;/h4-7,9-10,20-21,32H,1-3,8,11-17H2,(H2,31,36)(H,40,41);1H/t20-,21+;/m1./s1. The van der Waals surface area contributed by atoms with Crippen molar-refractivity contribution >= 4 is 82.4 Å². The normalized spacial score (nSPS) is 16.8. The highest BCUT2D eigenvalue weighted by Gasteiger charge is 2.36. The monoisotopic (exact) mass is 699 g/mol. The highest BCUT2D eigenvalue weighted by atomic mass is 35.5. The second-order valence-electron chi connectivity index (χ2n) is 10.5. The summed E-state index contributed by atoms with van der Waals surface area (Å²) in [4.78, 5) is 78.3. The summed E-state index contributed by atoms with van der Waals surface area (Å²) in [5, 5.41) is 12.2. The van der Waals surface area contributed by atoms with Crippen LogP contribution in [0.4, 0.5) is 16.2 Å². The SMILES string of the molecule is Cl.NC(=O)CC[C@H](NCCCCC(=O)N(C[C@H]1CN(c2ccc(N3CCOCC3=O)cc2)C(=O)O1)C(=O)c1ccc(Cl)s1)C(=O)O. The number of imide groups is 1. The smallest absolute Gasteiger partial charge is 0.414 e. The van der Waals surface area contributed by atoms with Gasteiger partial charge in [-0.25, -0.2) is 4.79 Å². The van der Waals surface area contributed by atoms with E-state index in [1.54, 1.807) is 35.2 Å². The van der Waals surface area contributed by atoms with Crippen molar-refractivity contribution in [3.8, 4) is 0 Å². The third-order valence-electron chi connectivity index (χ3n) is 7.24. The van der Waals surface area contributed by atoms with Crippen LogP contribution in [0.15, 0.2) is 36.4 Å². The van der Waals surface area contributed by atoms with Crippen LogP contribution in [-0.2, 0) is 28.7 Å². The number of carboxylic acid groups (broad SMARTS) is 1. The van der Waals surface area contributed by atoms with Crippen LogP contribution in [0.2, 0.25) is 4.34 Å². The van der Waals surface area contributed by atoms with Gasteiger partial charge in [0.25, 0.3) is 11.8 Å². The van der Waals surface area contributed by atoms with Crippen molar-refractivity contribution in [3.63, 3.8) is 0 Å². The summed E-state index contributed by atoms with van der Waals surface area (Å²) in [6, 6.07) is 8.96. The van der Waals surface area contributed by atoms with Crippen LogP contribution in [0.5, 0.6) is 0 Å². The Hall–Kier alpha value is -3.76. The molecule has 1 aromatic carbocycles. The van der Waals surface area contributed by atoms with Crippen LogP contribution >= 0.6 is 35.3 Å². The van der Waals surface area contributed by atoms with Gasteiger partial charge in [-0.2, -0.15) is 0 Å². The Labute approximate surface area is 280 Å². The number of carboxylic acids is 1. The van der Waals surface area contributed by atoms with Crippen LogP contribution in [0.25, 0.3) is 0 Å². The molecule has 3 heterocycles. The number of hydrogen-bond donors (Lipinski definition) is 3. The fourth-order valence-electron chi connectivity index (χ4n) is 4.91. The minimum Gasteiger partial charge on any atom is -0.480 e. The molecule has 2 aromatic rings. The van der Waals surface area contributed by atoms with Gasteiger partial charge in [0.2, 0.25) is 11.8 Å². The van der Waals surface area contributed by atoms with Crippen molar-refractivity contribution in [2.24, 2.45) is 5.73 Å². The molecule has 250 valence electrons. The Bertz CT molecular complexity index is 1420. The van der Waals surface area contributed by atoms with E-state index in [1.807, 2.05) is 0 Å². The Kier molecular flexibility index (Phi) is 13.8. The second kappa shape index (κ2) is 17.2. The minimum atomic E-state index is -1.11. The predicted octanol–water partition coefficient (Wildman–Crippen LogP) is 2.66. The summed E-state index contributed by atoms with van der Waals surface area (Å²) >= 11 is 7.05. The first kappa shape index (κ1) is 36.7. The number of anilines is 2. The summed E-state index contributed by atoms with van der Waals surface area (Å²) in [7, 11) is 0. The van der Waals surface area contributed by atoms with Crippen molar-refractivity contribution in [2.45, 2.75) is 44.2 Å². The minimum absolute atomic E-state index is 0. The molecule has 0 unspecified atom stereocenters. The van der Waals surface area contributed by atoms with Gasteiger partial charge in [-0.05, 0) is 62.2 Å². The molecular formula is C29H35Cl2N5O9S. The molecule has 2 fully saturated rings. The van der Waals surface area contributed by atoms with Gasteiger partial charge in [-0.15, -0.1) is 23.7 Å². The Balaban J connectivity index is 0.00000576. The van der Waals surface area contributed by atoms with Crippen molar-refractivity contribution in [2.75, 3.05) is 49.2 Å². The Morgan fingerprint density at radius 3 is 2.37 bits per heavy atom. The summed E-state index contributed by atoms with van der Waals surface area (Å²) in [6.07, 6.45) is -0.707. The van der Waals surface area contributed by atoms with E-state index in [0.29, 0.717) is 41.7 Å². The number of primary amides is 1. The van der Waals surface area contributed by atoms with E-state index in [9.17, 15) is 33.9 Å². The summed E-state index contributed by atoms with van der Waals surface area (Å²) in [6.45, 7) is 1.04. The number of unbranched alkanes of at least 4 members (excludes halogenated alkanes) is 1. The lowest BCUT2D eigenvalue weighted by Gasteiger charge is -2.27. The average Bonchev–Trinajstić information content (AvgIpc) is 3.61. The van der Waals surface area contributed by atoms with Gasteiger partial charge in [-0.1, -0.05) is 11.6 Å². The number of amides is 5. The van der Waals surface area contributed by atoms with Gasteiger partial charge in [0.05, 0.1) is 28.9 Å². The molecule has 2 atom stereocenters. The maximum absolute atomic E-state index is 13.4. The molecule has 2 aliphatic heterocycles. The average molecular weight is 701 g/mol. The molecule has 1 aromatic heterocycles. The molecule has 2 aliphatic rings. The Morgan fingerprint density at radius 1 is 1.07 bits per heavy atom. The van der Waals surface area contributed by atoms with Crippen molar-refractivity contribution in [3.05, 3.63) is 45.6 Å². The first-order chi connectivity index (χ1) is 21.5. The number of ether oxygens (including phenoxy) is 2. The number of cyclic esters (lactones) is 1. The molecule has 0 radical (unpaired) electrons. The van der Waals surface area contributed by atoms with E-state index in [0.717, 1.165) is 16.2 Å². The van der Waals surface area contributed by atoms with E-state index in [2.05, 4.69) is 5.32 Å². The molecule has 17 heteroatoms. The topological polar surface area (TPSA) is 189 Å². The number of morpholine rings is 1. The largest absolute Gasteiger partial charge is 0.480 e. The molecule has 2 saturated heterocycles. The number of nitrogens with one attached hydrogen (secondary N) is 1. The zero-order valence-electron chi connectivity index (χ0n) is 24.7. The van der Waals surface area contributed by atoms with E-state index in [4.69, 9.17) is 26.8 Å². The van der Waals surface area contributed by atoms with Crippen LogP contribution in [0.1, 0.15) is 41.8 Å². The van der Waals surface area contributed by atoms with Crippen molar-refractivity contribution < 1.29 is 43.3 Å². The second-order valence-corrected chi connectivity index (χ2v) is 12.2.